The zero-order valence-electron chi connectivity index (χ0n) is 14.6. The number of carbonyl (C=O) groups is 1. The zero-order chi connectivity index (χ0) is 18.0. The minimum Gasteiger partial charge on any atom is -0.408 e. The molecule has 2 heterocycles. The van der Waals surface area contributed by atoms with E-state index in [0.29, 0.717) is 42.2 Å². The van der Waals surface area contributed by atoms with Crippen LogP contribution in [0.2, 0.25) is 19.1 Å². The van der Waals surface area contributed by atoms with E-state index in [1.54, 1.807) is 19.3 Å². The van der Waals surface area contributed by atoms with E-state index in [9.17, 15) is 9.59 Å². The Bertz CT molecular complexity index is 955. The lowest BCUT2D eigenvalue weighted by atomic mass is 10.2. The van der Waals surface area contributed by atoms with Crippen LogP contribution in [-0.4, -0.2) is 35.8 Å². The molecule has 0 N–H and O–H groups in total. The first-order valence-electron chi connectivity index (χ1n) is 8.19. The molecule has 2 aromatic heterocycles. The van der Waals surface area contributed by atoms with Crippen LogP contribution < -0.4 is 5.76 Å². The molecule has 0 atom stereocenters. The number of imidazole rings is 1. The summed E-state index contributed by atoms with van der Waals surface area (Å²) in [7, 11) is 1.00. The van der Waals surface area contributed by atoms with Gasteiger partial charge in [0, 0.05) is 34.2 Å². The number of aldehydes is 1. The third kappa shape index (κ3) is 3.64. The summed E-state index contributed by atoms with van der Waals surface area (Å²) < 4.78 is 14.1. The molecule has 1 aromatic carbocycles. The van der Waals surface area contributed by atoms with Crippen LogP contribution in [0.15, 0.2) is 33.6 Å². The van der Waals surface area contributed by atoms with Crippen LogP contribution in [0.1, 0.15) is 10.5 Å². The highest BCUT2D eigenvalue weighted by Gasteiger charge is 2.13. The maximum absolute atomic E-state index is 11.6. The first kappa shape index (κ1) is 17.4. The van der Waals surface area contributed by atoms with E-state index < -0.39 is 14.6 Å². The van der Waals surface area contributed by atoms with Crippen molar-refractivity contribution in [3.63, 3.8) is 0 Å². The smallest absolute Gasteiger partial charge is 0.408 e. The summed E-state index contributed by atoms with van der Waals surface area (Å²) in [6.07, 6.45) is 2.39. The van der Waals surface area contributed by atoms with Crippen LogP contribution in [0.3, 0.4) is 0 Å². The van der Waals surface area contributed by atoms with Gasteiger partial charge in [0.05, 0.1) is 5.52 Å². The molecule has 0 amide bonds. The van der Waals surface area contributed by atoms with Gasteiger partial charge in [-0.05, 0) is 24.2 Å². The summed E-state index contributed by atoms with van der Waals surface area (Å²) in [6.45, 7) is 5.59. The Kier molecular flexibility index (Phi) is 5.00. The van der Waals surface area contributed by atoms with Gasteiger partial charge in [0.25, 0.3) is 0 Å². The molecule has 7 nitrogen and oxygen atoms in total. The van der Waals surface area contributed by atoms with E-state index >= 15 is 0 Å². The van der Waals surface area contributed by atoms with Crippen molar-refractivity contribution in [1.82, 2.24) is 14.1 Å². The quantitative estimate of drug-likeness (QED) is 0.367. The molecule has 0 aliphatic rings. The second kappa shape index (κ2) is 7.20. The Morgan fingerprint density at radius 3 is 2.88 bits per heavy atom. The molecule has 0 aliphatic heterocycles. The highest BCUT2D eigenvalue weighted by atomic mass is 28.3. The average Bonchev–Trinajstić information content (AvgIpc) is 3.13. The lowest BCUT2D eigenvalue weighted by Crippen LogP contribution is -2.09. The number of oxazole rings is 1. The Balaban J connectivity index is 1.92. The monoisotopic (exact) mass is 359 g/mol. The molecular weight excluding hydrogens is 338 g/mol. The van der Waals surface area contributed by atoms with Crippen LogP contribution in [-0.2, 0) is 18.5 Å². The van der Waals surface area contributed by atoms with Gasteiger partial charge in [-0.15, -0.1) is 0 Å². The minimum atomic E-state index is -0.649. The molecule has 3 aromatic rings. The molecule has 8 heteroatoms. The summed E-state index contributed by atoms with van der Waals surface area (Å²) in [5.41, 5.74) is 2.33. The molecule has 0 saturated carbocycles. The van der Waals surface area contributed by atoms with E-state index in [0.717, 1.165) is 11.6 Å². The predicted molar refractivity (Wildman–Crippen MR) is 97.7 cm³/mol. The molecule has 0 aliphatic carbocycles. The first-order valence-corrected chi connectivity index (χ1v) is 11.3. The number of rotatable bonds is 7. The number of aromatic nitrogens is 3. The fraction of sp³-hybridized carbons (Fsp3) is 0.353. The summed E-state index contributed by atoms with van der Waals surface area (Å²) in [5, 5.41) is 0. The van der Waals surface area contributed by atoms with E-state index in [1.165, 1.54) is 4.57 Å². The number of benzene rings is 1. The summed E-state index contributed by atoms with van der Waals surface area (Å²) in [4.78, 5) is 27.1. The van der Waals surface area contributed by atoms with Crippen molar-refractivity contribution in [3.05, 3.63) is 40.6 Å². The van der Waals surface area contributed by atoms with Crippen LogP contribution in [0.5, 0.6) is 0 Å². The highest BCUT2D eigenvalue weighted by Crippen LogP contribution is 2.23. The molecule has 0 spiro atoms. The minimum absolute atomic E-state index is 0.333. The topological polar surface area (TPSA) is 79.3 Å². The third-order valence-electron chi connectivity index (χ3n) is 4.04. The summed E-state index contributed by atoms with van der Waals surface area (Å²) >= 11 is 0. The Labute approximate surface area is 146 Å². The van der Waals surface area contributed by atoms with Crippen molar-refractivity contribution in [2.75, 3.05) is 6.61 Å². The zero-order valence-corrected chi connectivity index (χ0v) is 15.7. The van der Waals surface area contributed by atoms with E-state index in [1.807, 2.05) is 16.7 Å². The van der Waals surface area contributed by atoms with Crippen molar-refractivity contribution in [2.45, 2.75) is 25.9 Å². The average molecular weight is 359 g/mol. The van der Waals surface area contributed by atoms with Crippen LogP contribution in [0, 0.1) is 0 Å². The molecule has 0 saturated heterocycles. The molecule has 0 radical (unpaired) electrons. The van der Waals surface area contributed by atoms with E-state index in [-0.39, 0.29) is 0 Å². The standard InChI is InChI=1S/C17H21N3O4Si/c1-19-14-8-12(4-5-15(14)24-17(19)22)16-18-13(10-21)9-20(16)11-23-6-7-25(2)3/h4-5,8-10,25H,6-7,11H2,1-3H3. The van der Waals surface area contributed by atoms with Gasteiger partial charge in [0.1, 0.15) is 18.2 Å². The number of hydrogen-bond donors (Lipinski definition) is 0. The van der Waals surface area contributed by atoms with Crippen molar-refractivity contribution >= 4 is 26.2 Å². The number of carbonyl (C=O) groups excluding carboxylic acids is 1. The van der Waals surface area contributed by atoms with Gasteiger partial charge in [0.15, 0.2) is 11.9 Å². The Hall–Kier alpha value is -2.45. The predicted octanol–water partition coefficient (Wildman–Crippen LogP) is 2.27. The van der Waals surface area contributed by atoms with Gasteiger partial charge in [-0.25, -0.2) is 9.78 Å². The fourth-order valence-corrected chi connectivity index (χ4v) is 3.21. The number of aryl methyl sites for hydroxylation is 1. The SMILES string of the molecule is Cn1c(=O)oc2ccc(-c3nc(C=O)cn3COCC[SiH](C)C)cc21. The molecule has 0 bridgehead atoms. The van der Waals surface area contributed by atoms with Crippen molar-refractivity contribution in [1.29, 1.82) is 0 Å². The Morgan fingerprint density at radius 2 is 2.16 bits per heavy atom. The van der Waals surface area contributed by atoms with Crippen molar-refractivity contribution in [2.24, 2.45) is 7.05 Å². The Morgan fingerprint density at radius 1 is 1.36 bits per heavy atom. The van der Waals surface area contributed by atoms with Gasteiger partial charge >= 0.3 is 5.76 Å². The molecule has 3 rings (SSSR count). The summed E-state index contributed by atoms with van der Waals surface area (Å²) in [5.74, 6) is 0.213. The highest BCUT2D eigenvalue weighted by molar-refractivity contribution is 6.55. The molecule has 0 fully saturated rings. The van der Waals surface area contributed by atoms with Crippen molar-refractivity contribution in [3.8, 4) is 11.4 Å². The van der Waals surface area contributed by atoms with Gasteiger partial charge in [-0.2, -0.15) is 0 Å². The lowest BCUT2D eigenvalue weighted by Gasteiger charge is -2.10. The number of fused-ring (bicyclic) bond motifs is 1. The van der Waals surface area contributed by atoms with E-state index in [2.05, 4.69) is 18.1 Å². The summed E-state index contributed by atoms with van der Waals surface area (Å²) in [6, 6.07) is 6.49. The van der Waals surface area contributed by atoms with Crippen LogP contribution >= 0.6 is 0 Å². The fourth-order valence-electron chi connectivity index (χ4n) is 2.57. The lowest BCUT2D eigenvalue weighted by molar-refractivity contribution is 0.0885. The number of hydrogen-bond acceptors (Lipinski definition) is 5. The first-order chi connectivity index (χ1) is 12.0. The largest absolute Gasteiger partial charge is 0.419 e. The normalized spacial score (nSPS) is 11.5. The van der Waals surface area contributed by atoms with Gasteiger partial charge < -0.3 is 13.7 Å². The molecule has 0 unspecified atom stereocenters. The number of ether oxygens (including phenoxy) is 1. The van der Waals surface area contributed by atoms with Crippen molar-refractivity contribution < 1.29 is 13.9 Å². The van der Waals surface area contributed by atoms with Crippen LogP contribution in [0.25, 0.3) is 22.5 Å². The molecule has 25 heavy (non-hydrogen) atoms. The number of nitrogens with zero attached hydrogens (tertiary/aromatic N) is 3. The third-order valence-corrected chi connectivity index (χ3v) is 5.43. The maximum atomic E-state index is 11.6. The molecular formula is C17H21N3O4Si. The van der Waals surface area contributed by atoms with E-state index in [4.69, 9.17) is 9.15 Å². The van der Waals surface area contributed by atoms with Gasteiger partial charge in [-0.3, -0.25) is 9.36 Å². The van der Waals surface area contributed by atoms with Crippen LogP contribution in [0.4, 0.5) is 0 Å². The maximum Gasteiger partial charge on any atom is 0.419 e. The van der Waals surface area contributed by atoms with Gasteiger partial charge in [-0.1, -0.05) is 13.1 Å². The second-order valence-corrected chi connectivity index (χ2v) is 9.77. The second-order valence-electron chi connectivity index (χ2n) is 6.41. The van der Waals surface area contributed by atoms with Gasteiger partial charge in [0.2, 0.25) is 0 Å². The molecule has 132 valence electrons.